The van der Waals surface area contributed by atoms with Gasteiger partial charge in [-0.05, 0) is 26.2 Å². The molecule has 1 unspecified atom stereocenters. The van der Waals surface area contributed by atoms with Gasteiger partial charge >= 0.3 is 0 Å². The van der Waals surface area contributed by atoms with Crippen molar-refractivity contribution in [2.75, 3.05) is 19.6 Å². The molecule has 0 saturated carbocycles. The first kappa shape index (κ1) is 17.5. The predicted octanol–water partition coefficient (Wildman–Crippen LogP) is 1.13. The van der Waals surface area contributed by atoms with Crippen molar-refractivity contribution in [3.63, 3.8) is 0 Å². The van der Waals surface area contributed by atoms with E-state index >= 15 is 0 Å². The van der Waals surface area contributed by atoms with Crippen LogP contribution in [0, 0.1) is 5.92 Å². The van der Waals surface area contributed by atoms with E-state index in [9.17, 15) is 9.59 Å². The summed E-state index contributed by atoms with van der Waals surface area (Å²) in [4.78, 5) is 29.2. The molecule has 0 spiro atoms. The highest BCUT2D eigenvalue weighted by molar-refractivity contribution is 5.97. The number of aliphatic imine (C=N–C) groups is 1. The summed E-state index contributed by atoms with van der Waals surface area (Å²) in [6, 6.07) is 0.307. The number of carbonyl (C=O) groups is 2. The largest absolute Gasteiger partial charge is 0.357 e. The Balaban J connectivity index is 2.53. The highest BCUT2D eigenvalue weighted by atomic mass is 16.2. The van der Waals surface area contributed by atoms with Crippen molar-refractivity contribution in [1.29, 1.82) is 0 Å². The van der Waals surface area contributed by atoms with E-state index in [0.717, 1.165) is 12.5 Å². The molecule has 6 heteroatoms. The molecule has 0 aromatic carbocycles. The Morgan fingerprint density at radius 3 is 2.38 bits per heavy atom. The van der Waals surface area contributed by atoms with Crippen molar-refractivity contribution in [2.24, 2.45) is 10.9 Å². The molecule has 0 radical (unpaired) electrons. The summed E-state index contributed by atoms with van der Waals surface area (Å²) in [5.74, 6) is 1.08. The quantitative estimate of drug-likeness (QED) is 0.438. The molecule has 1 rings (SSSR count). The summed E-state index contributed by atoms with van der Waals surface area (Å²) in [6.45, 7) is 9.98. The fraction of sp³-hybridized carbons (Fsp3) is 0.800. The number of hydrogen-bond donors (Lipinski definition) is 2. The standard InChI is InChI=1S/C15H28N4O2/c1-5-16-15(18-12(4)11(2)3)17-9-10-19-13(20)7-6-8-14(19)21/h11-12H,5-10H2,1-4H3,(H2,16,17,18). The van der Waals surface area contributed by atoms with Crippen LogP contribution in [-0.2, 0) is 9.59 Å². The Morgan fingerprint density at radius 1 is 1.24 bits per heavy atom. The van der Waals surface area contributed by atoms with Gasteiger partial charge in [-0.15, -0.1) is 0 Å². The lowest BCUT2D eigenvalue weighted by Crippen LogP contribution is -2.45. The molecule has 1 atom stereocenters. The van der Waals surface area contributed by atoms with Gasteiger partial charge in [0.1, 0.15) is 0 Å². The number of rotatable bonds is 6. The zero-order valence-electron chi connectivity index (χ0n) is 13.6. The molecular formula is C15H28N4O2. The lowest BCUT2D eigenvalue weighted by Gasteiger charge is -2.24. The molecule has 6 nitrogen and oxygen atoms in total. The lowest BCUT2D eigenvalue weighted by atomic mass is 10.1. The Morgan fingerprint density at radius 2 is 1.86 bits per heavy atom. The Kier molecular flexibility index (Phi) is 7.19. The van der Waals surface area contributed by atoms with Crippen LogP contribution >= 0.6 is 0 Å². The first-order valence-electron chi connectivity index (χ1n) is 7.83. The molecule has 1 aliphatic rings. The van der Waals surface area contributed by atoms with Crippen molar-refractivity contribution in [2.45, 2.75) is 53.0 Å². The van der Waals surface area contributed by atoms with E-state index in [1.807, 2.05) is 6.92 Å². The second-order valence-corrected chi connectivity index (χ2v) is 5.73. The summed E-state index contributed by atoms with van der Waals surface area (Å²) in [7, 11) is 0. The average Bonchev–Trinajstić information content (AvgIpc) is 2.42. The minimum Gasteiger partial charge on any atom is -0.357 e. The van der Waals surface area contributed by atoms with Crippen molar-refractivity contribution in [1.82, 2.24) is 15.5 Å². The van der Waals surface area contributed by atoms with Gasteiger partial charge in [-0.2, -0.15) is 0 Å². The SMILES string of the molecule is CCNC(=NCCN1C(=O)CCCC1=O)NC(C)C(C)C. The summed E-state index contributed by atoms with van der Waals surface area (Å²) in [5.41, 5.74) is 0. The number of nitrogens with zero attached hydrogens (tertiary/aromatic N) is 2. The molecule has 21 heavy (non-hydrogen) atoms. The number of guanidine groups is 1. The van der Waals surface area contributed by atoms with Gasteiger partial charge in [0.25, 0.3) is 0 Å². The van der Waals surface area contributed by atoms with Crippen LogP contribution < -0.4 is 10.6 Å². The zero-order chi connectivity index (χ0) is 15.8. The Labute approximate surface area is 127 Å². The number of piperidine rings is 1. The molecule has 0 bridgehead atoms. The first-order chi connectivity index (χ1) is 9.95. The normalized spacial score (nSPS) is 18.1. The van der Waals surface area contributed by atoms with Crippen molar-refractivity contribution in [3.05, 3.63) is 0 Å². The van der Waals surface area contributed by atoms with E-state index in [4.69, 9.17) is 0 Å². The molecule has 120 valence electrons. The van der Waals surface area contributed by atoms with Crippen molar-refractivity contribution < 1.29 is 9.59 Å². The van der Waals surface area contributed by atoms with Gasteiger partial charge in [-0.1, -0.05) is 13.8 Å². The summed E-state index contributed by atoms with van der Waals surface area (Å²) in [6.07, 6.45) is 1.61. The fourth-order valence-electron chi connectivity index (χ4n) is 2.01. The van der Waals surface area contributed by atoms with E-state index in [-0.39, 0.29) is 11.8 Å². The van der Waals surface area contributed by atoms with Gasteiger partial charge in [0.2, 0.25) is 11.8 Å². The third kappa shape index (κ3) is 5.73. The van der Waals surface area contributed by atoms with E-state index < -0.39 is 0 Å². The van der Waals surface area contributed by atoms with E-state index in [1.54, 1.807) is 0 Å². The molecule has 0 aromatic heterocycles. The molecule has 1 fully saturated rings. The fourth-order valence-corrected chi connectivity index (χ4v) is 2.01. The van der Waals surface area contributed by atoms with E-state index in [0.29, 0.717) is 44.3 Å². The van der Waals surface area contributed by atoms with Gasteiger partial charge < -0.3 is 10.6 Å². The van der Waals surface area contributed by atoms with Crippen LogP contribution in [0.5, 0.6) is 0 Å². The molecule has 0 aromatic rings. The number of likely N-dealkylation sites (tertiary alicyclic amines) is 1. The zero-order valence-corrected chi connectivity index (χ0v) is 13.6. The van der Waals surface area contributed by atoms with Crippen molar-refractivity contribution in [3.8, 4) is 0 Å². The van der Waals surface area contributed by atoms with Gasteiger partial charge in [0, 0.05) is 32.0 Å². The van der Waals surface area contributed by atoms with Gasteiger partial charge in [0.15, 0.2) is 5.96 Å². The maximum atomic E-state index is 11.7. The highest BCUT2D eigenvalue weighted by Gasteiger charge is 2.25. The number of imide groups is 1. The lowest BCUT2D eigenvalue weighted by molar-refractivity contribution is -0.147. The first-order valence-corrected chi connectivity index (χ1v) is 7.83. The third-order valence-corrected chi connectivity index (χ3v) is 3.69. The van der Waals surface area contributed by atoms with Crippen LogP contribution in [0.3, 0.4) is 0 Å². The van der Waals surface area contributed by atoms with Crippen LogP contribution in [0.4, 0.5) is 0 Å². The monoisotopic (exact) mass is 296 g/mol. The van der Waals surface area contributed by atoms with Gasteiger partial charge in [0.05, 0.1) is 6.54 Å². The molecular weight excluding hydrogens is 268 g/mol. The van der Waals surface area contributed by atoms with Crippen LogP contribution in [0.1, 0.15) is 47.0 Å². The van der Waals surface area contributed by atoms with Gasteiger partial charge in [-0.3, -0.25) is 19.5 Å². The topological polar surface area (TPSA) is 73.8 Å². The van der Waals surface area contributed by atoms with E-state index in [1.165, 1.54) is 4.90 Å². The molecule has 1 saturated heterocycles. The molecule has 2 N–H and O–H groups in total. The Hall–Kier alpha value is -1.59. The Bertz CT molecular complexity index is 377. The van der Waals surface area contributed by atoms with E-state index in [2.05, 4.69) is 36.4 Å². The minimum absolute atomic E-state index is 0.0741. The molecule has 1 heterocycles. The van der Waals surface area contributed by atoms with Crippen LogP contribution in [0.15, 0.2) is 4.99 Å². The number of carbonyl (C=O) groups excluding carboxylic acids is 2. The van der Waals surface area contributed by atoms with Crippen LogP contribution in [0.2, 0.25) is 0 Å². The van der Waals surface area contributed by atoms with Crippen LogP contribution in [0.25, 0.3) is 0 Å². The molecule has 2 amide bonds. The summed E-state index contributed by atoms with van der Waals surface area (Å²) >= 11 is 0. The summed E-state index contributed by atoms with van der Waals surface area (Å²) < 4.78 is 0. The maximum absolute atomic E-state index is 11.7. The average molecular weight is 296 g/mol. The smallest absolute Gasteiger partial charge is 0.229 e. The maximum Gasteiger partial charge on any atom is 0.229 e. The summed E-state index contributed by atoms with van der Waals surface area (Å²) in [5, 5.41) is 6.51. The number of hydrogen-bond acceptors (Lipinski definition) is 3. The molecule has 0 aliphatic carbocycles. The second-order valence-electron chi connectivity index (χ2n) is 5.73. The number of nitrogens with one attached hydrogen (secondary N) is 2. The minimum atomic E-state index is -0.0741. The second kappa shape index (κ2) is 8.64. The predicted molar refractivity (Wildman–Crippen MR) is 84.0 cm³/mol. The highest BCUT2D eigenvalue weighted by Crippen LogP contribution is 2.11. The molecule has 1 aliphatic heterocycles. The van der Waals surface area contributed by atoms with Crippen LogP contribution in [-0.4, -0.2) is 48.3 Å². The van der Waals surface area contributed by atoms with Gasteiger partial charge in [-0.25, -0.2) is 0 Å². The third-order valence-electron chi connectivity index (χ3n) is 3.69. The number of amides is 2. The van der Waals surface area contributed by atoms with Crippen molar-refractivity contribution >= 4 is 17.8 Å².